The number of carbonyl (C=O) groups is 1. The van der Waals surface area contributed by atoms with Crippen LogP contribution in [-0.2, 0) is 9.53 Å². The third-order valence-corrected chi connectivity index (χ3v) is 4.11. The zero-order chi connectivity index (χ0) is 16.2. The second-order valence-corrected chi connectivity index (χ2v) is 5.66. The van der Waals surface area contributed by atoms with E-state index in [1.807, 2.05) is 12.1 Å². The summed E-state index contributed by atoms with van der Waals surface area (Å²) in [6.45, 7) is 1.80. The van der Waals surface area contributed by atoms with Crippen LogP contribution < -0.4 is 0 Å². The normalized spacial score (nSPS) is 15.8. The van der Waals surface area contributed by atoms with Gasteiger partial charge in [-0.3, -0.25) is 0 Å². The lowest BCUT2D eigenvalue weighted by Gasteiger charge is -2.10. The van der Waals surface area contributed by atoms with E-state index in [-0.39, 0.29) is 5.97 Å². The number of ether oxygens (including phenoxy) is 1. The SMILES string of the molecule is COC(=O)/C(=C/C1CCCC1)c1ccc(-n2nnnc2C)nc1. The summed E-state index contributed by atoms with van der Waals surface area (Å²) >= 11 is 0. The molecule has 0 N–H and O–H groups in total. The van der Waals surface area contributed by atoms with E-state index in [1.165, 1.54) is 20.0 Å². The minimum Gasteiger partial charge on any atom is -0.465 e. The van der Waals surface area contributed by atoms with Crippen LogP contribution >= 0.6 is 0 Å². The second-order valence-electron chi connectivity index (χ2n) is 5.66. The Morgan fingerprint density at radius 3 is 2.70 bits per heavy atom. The van der Waals surface area contributed by atoms with Gasteiger partial charge in [0.2, 0.25) is 0 Å². The van der Waals surface area contributed by atoms with E-state index in [4.69, 9.17) is 4.74 Å². The average Bonchev–Trinajstić information content (AvgIpc) is 3.23. The molecular formula is C16H19N5O2. The fourth-order valence-corrected chi connectivity index (χ4v) is 2.87. The molecular weight excluding hydrogens is 294 g/mol. The van der Waals surface area contributed by atoms with Crippen molar-refractivity contribution in [3.8, 4) is 5.82 Å². The molecule has 0 aromatic carbocycles. The molecule has 2 heterocycles. The van der Waals surface area contributed by atoms with Crippen molar-refractivity contribution in [3.63, 3.8) is 0 Å². The fourth-order valence-electron chi connectivity index (χ4n) is 2.87. The highest BCUT2D eigenvalue weighted by molar-refractivity contribution is 6.16. The van der Waals surface area contributed by atoms with Crippen molar-refractivity contribution >= 4 is 11.5 Å². The van der Waals surface area contributed by atoms with Crippen molar-refractivity contribution in [2.24, 2.45) is 5.92 Å². The van der Waals surface area contributed by atoms with E-state index in [2.05, 4.69) is 20.5 Å². The molecule has 1 aliphatic rings. The van der Waals surface area contributed by atoms with Gasteiger partial charge < -0.3 is 4.74 Å². The Labute approximate surface area is 134 Å². The molecule has 7 nitrogen and oxygen atoms in total. The van der Waals surface area contributed by atoms with Crippen LogP contribution in [0.3, 0.4) is 0 Å². The molecule has 120 valence electrons. The molecule has 7 heteroatoms. The summed E-state index contributed by atoms with van der Waals surface area (Å²) < 4.78 is 6.47. The monoisotopic (exact) mass is 313 g/mol. The third kappa shape index (κ3) is 3.28. The van der Waals surface area contributed by atoms with Crippen LogP contribution in [0.4, 0.5) is 0 Å². The van der Waals surface area contributed by atoms with Crippen LogP contribution in [0.15, 0.2) is 24.4 Å². The smallest absolute Gasteiger partial charge is 0.338 e. The Bertz CT molecular complexity index is 714. The molecule has 0 amide bonds. The van der Waals surface area contributed by atoms with Crippen molar-refractivity contribution in [1.82, 2.24) is 25.2 Å². The average molecular weight is 313 g/mol. The molecule has 0 radical (unpaired) electrons. The zero-order valence-corrected chi connectivity index (χ0v) is 13.3. The first-order chi connectivity index (χ1) is 11.2. The standard InChI is InChI=1S/C16H19N5O2/c1-11-18-19-20-21(11)15-8-7-13(10-17-15)14(16(22)23-2)9-12-5-3-4-6-12/h7-10,12H,3-6H2,1-2H3/b14-9+. The maximum absolute atomic E-state index is 12.1. The predicted molar refractivity (Wildman–Crippen MR) is 83.6 cm³/mol. The highest BCUT2D eigenvalue weighted by Crippen LogP contribution is 2.29. The molecule has 23 heavy (non-hydrogen) atoms. The molecule has 1 aliphatic carbocycles. The van der Waals surface area contributed by atoms with E-state index < -0.39 is 0 Å². The van der Waals surface area contributed by atoms with Gasteiger partial charge in [-0.2, -0.15) is 4.68 Å². The van der Waals surface area contributed by atoms with Crippen molar-refractivity contribution in [3.05, 3.63) is 35.8 Å². The van der Waals surface area contributed by atoms with Crippen LogP contribution in [0.1, 0.15) is 37.1 Å². The second kappa shape index (κ2) is 6.68. The molecule has 0 saturated heterocycles. The molecule has 2 aromatic heterocycles. The number of esters is 1. The number of nitrogens with zero attached hydrogens (tertiary/aromatic N) is 5. The van der Waals surface area contributed by atoms with Gasteiger partial charge in [-0.1, -0.05) is 18.9 Å². The van der Waals surface area contributed by atoms with E-state index in [0.29, 0.717) is 23.1 Å². The van der Waals surface area contributed by atoms with Gasteiger partial charge in [0.25, 0.3) is 0 Å². The van der Waals surface area contributed by atoms with Gasteiger partial charge in [-0.15, -0.1) is 5.10 Å². The first-order valence-corrected chi connectivity index (χ1v) is 7.71. The lowest BCUT2D eigenvalue weighted by atomic mass is 10.00. The Morgan fingerprint density at radius 2 is 2.13 bits per heavy atom. The van der Waals surface area contributed by atoms with Crippen molar-refractivity contribution in [2.75, 3.05) is 7.11 Å². The summed E-state index contributed by atoms with van der Waals surface area (Å²) in [5.41, 5.74) is 1.32. The number of carbonyl (C=O) groups excluding carboxylic acids is 1. The molecule has 1 fully saturated rings. The summed E-state index contributed by atoms with van der Waals surface area (Å²) in [5.74, 6) is 1.37. The Balaban J connectivity index is 1.90. The van der Waals surface area contributed by atoms with Crippen LogP contribution in [0, 0.1) is 12.8 Å². The first kappa shape index (κ1) is 15.3. The van der Waals surface area contributed by atoms with Gasteiger partial charge in [0.15, 0.2) is 11.6 Å². The number of pyridine rings is 1. The lowest BCUT2D eigenvalue weighted by molar-refractivity contribution is -0.133. The molecule has 3 rings (SSSR count). The molecule has 0 bridgehead atoms. The number of hydrogen-bond acceptors (Lipinski definition) is 6. The maximum Gasteiger partial charge on any atom is 0.338 e. The van der Waals surface area contributed by atoms with Crippen molar-refractivity contribution in [1.29, 1.82) is 0 Å². The maximum atomic E-state index is 12.1. The zero-order valence-electron chi connectivity index (χ0n) is 13.3. The predicted octanol–water partition coefficient (Wildman–Crippen LogP) is 2.11. The molecule has 0 spiro atoms. The number of allylic oxidation sites excluding steroid dienone is 1. The topological polar surface area (TPSA) is 82.8 Å². The van der Waals surface area contributed by atoms with Crippen LogP contribution in [0.2, 0.25) is 0 Å². The molecule has 0 aliphatic heterocycles. The minimum atomic E-state index is -0.329. The van der Waals surface area contributed by atoms with Crippen molar-refractivity contribution in [2.45, 2.75) is 32.6 Å². The quantitative estimate of drug-likeness (QED) is 0.635. The van der Waals surface area contributed by atoms with Crippen molar-refractivity contribution < 1.29 is 9.53 Å². The Morgan fingerprint density at radius 1 is 1.35 bits per heavy atom. The Kier molecular flexibility index (Phi) is 4.45. The van der Waals surface area contributed by atoms with Gasteiger partial charge in [0.1, 0.15) is 0 Å². The van der Waals surface area contributed by atoms with Crippen LogP contribution in [0.5, 0.6) is 0 Å². The number of tetrazole rings is 1. The number of aromatic nitrogens is 5. The number of rotatable bonds is 4. The number of hydrogen-bond donors (Lipinski definition) is 0. The van der Waals surface area contributed by atoms with Gasteiger partial charge in [0.05, 0.1) is 12.7 Å². The summed E-state index contributed by atoms with van der Waals surface area (Å²) in [4.78, 5) is 16.5. The summed E-state index contributed by atoms with van der Waals surface area (Å²) in [5, 5.41) is 11.3. The molecule has 2 aromatic rings. The number of methoxy groups -OCH3 is 1. The van der Waals surface area contributed by atoms with E-state index in [9.17, 15) is 4.79 Å². The highest BCUT2D eigenvalue weighted by atomic mass is 16.5. The summed E-state index contributed by atoms with van der Waals surface area (Å²) in [6, 6.07) is 3.64. The fraction of sp³-hybridized carbons (Fsp3) is 0.438. The molecule has 1 saturated carbocycles. The van der Waals surface area contributed by atoms with Gasteiger partial charge in [-0.05, 0) is 48.2 Å². The molecule has 0 unspecified atom stereocenters. The minimum absolute atomic E-state index is 0.329. The van der Waals surface area contributed by atoms with E-state index in [1.54, 1.807) is 23.9 Å². The lowest BCUT2D eigenvalue weighted by Crippen LogP contribution is -2.08. The van der Waals surface area contributed by atoms with Gasteiger partial charge in [0, 0.05) is 11.8 Å². The Hall–Kier alpha value is -2.57. The third-order valence-electron chi connectivity index (χ3n) is 4.11. The van der Waals surface area contributed by atoms with Crippen LogP contribution in [-0.4, -0.2) is 38.3 Å². The van der Waals surface area contributed by atoms with Gasteiger partial charge in [-0.25, -0.2) is 9.78 Å². The molecule has 0 atom stereocenters. The van der Waals surface area contributed by atoms with E-state index >= 15 is 0 Å². The summed E-state index contributed by atoms with van der Waals surface area (Å²) in [6.07, 6.45) is 8.36. The number of aryl methyl sites for hydroxylation is 1. The largest absolute Gasteiger partial charge is 0.465 e. The first-order valence-electron chi connectivity index (χ1n) is 7.71. The summed E-state index contributed by atoms with van der Waals surface area (Å²) in [7, 11) is 1.40. The van der Waals surface area contributed by atoms with Crippen LogP contribution in [0.25, 0.3) is 11.4 Å². The highest BCUT2D eigenvalue weighted by Gasteiger charge is 2.19. The van der Waals surface area contributed by atoms with E-state index in [0.717, 1.165) is 18.4 Å². The van der Waals surface area contributed by atoms with Gasteiger partial charge >= 0.3 is 5.97 Å².